The maximum Gasteiger partial charge on any atom is 0.573 e. The molecule has 21 heavy (non-hydrogen) atoms. The molecule has 0 atom stereocenters. The fraction of sp³-hybridized carbons (Fsp3) is 0.375. The molecule has 1 rings (SSSR count). The topological polar surface area (TPSA) is 82.3 Å². The lowest BCUT2D eigenvalue weighted by atomic mass is 10.2. The monoisotopic (exact) mass is 358 g/mol. The molecule has 0 aliphatic heterocycles. The number of pyridine rings is 1. The standard InChI is InChI=1S/C8H5ClF6N2O3S/c9-21(18,19)6-4(1-16)17-2-3(7(10,11)12)5(6)20-8(13,14)15/h2H,1,16H2. The minimum atomic E-state index is -5.58. The van der Waals surface area contributed by atoms with Crippen molar-refractivity contribution < 1.29 is 39.5 Å². The molecule has 0 unspecified atom stereocenters. The van der Waals surface area contributed by atoms with E-state index in [0.717, 1.165) is 0 Å². The van der Waals surface area contributed by atoms with Crippen molar-refractivity contribution in [3.8, 4) is 5.75 Å². The first-order valence-corrected chi connectivity index (χ1v) is 7.08. The molecule has 0 saturated carbocycles. The van der Waals surface area contributed by atoms with E-state index in [4.69, 9.17) is 16.4 Å². The van der Waals surface area contributed by atoms with E-state index in [1.165, 1.54) is 0 Å². The SMILES string of the molecule is NCc1ncc(C(F)(F)F)c(OC(F)(F)F)c1S(=O)(=O)Cl. The number of rotatable bonds is 3. The Balaban J connectivity index is 3.80. The fourth-order valence-corrected chi connectivity index (χ4v) is 2.60. The molecule has 0 amide bonds. The number of nitrogens with zero attached hydrogens (tertiary/aromatic N) is 1. The normalized spacial score (nSPS) is 13.3. The van der Waals surface area contributed by atoms with Gasteiger partial charge in [0, 0.05) is 23.4 Å². The summed E-state index contributed by atoms with van der Waals surface area (Å²) in [4.78, 5) is 1.49. The van der Waals surface area contributed by atoms with Crippen LogP contribution in [0, 0.1) is 0 Å². The molecule has 0 spiro atoms. The molecule has 0 aromatic carbocycles. The van der Waals surface area contributed by atoms with E-state index in [-0.39, 0.29) is 6.20 Å². The molecular weight excluding hydrogens is 354 g/mol. The average Bonchev–Trinajstić information content (AvgIpc) is 2.22. The zero-order valence-corrected chi connectivity index (χ0v) is 11.2. The molecule has 120 valence electrons. The highest BCUT2D eigenvalue weighted by Crippen LogP contribution is 2.43. The Morgan fingerprint density at radius 2 is 1.76 bits per heavy atom. The van der Waals surface area contributed by atoms with Crippen molar-refractivity contribution >= 4 is 19.7 Å². The van der Waals surface area contributed by atoms with Gasteiger partial charge in [-0.05, 0) is 0 Å². The third-order valence-corrected chi connectivity index (χ3v) is 3.39. The van der Waals surface area contributed by atoms with Crippen LogP contribution in [0.15, 0.2) is 11.1 Å². The minimum Gasteiger partial charge on any atom is -0.404 e. The van der Waals surface area contributed by atoms with Gasteiger partial charge in [0.1, 0.15) is 10.5 Å². The summed E-state index contributed by atoms with van der Waals surface area (Å²) in [5.74, 6) is -2.01. The first kappa shape index (κ1) is 17.8. The Morgan fingerprint density at radius 3 is 2.10 bits per heavy atom. The van der Waals surface area contributed by atoms with Gasteiger partial charge in [0.05, 0.1) is 5.69 Å². The maximum absolute atomic E-state index is 12.7. The molecule has 2 N–H and O–H groups in total. The van der Waals surface area contributed by atoms with Crippen LogP contribution in [0.3, 0.4) is 0 Å². The van der Waals surface area contributed by atoms with Gasteiger partial charge >= 0.3 is 12.5 Å². The predicted molar refractivity (Wildman–Crippen MR) is 56.9 cm³/mol. The van der Waals surface area contributed by atoms with Gasteiger partial charge in [-0.2, -0.15) is 13.2 Å². The molecule has 0 saturated heterocycles. The van der Waals surface area contributed by atoms with E-state index < -0.39 is 50.0 Å². The van der Waals surface area contributed by atoms with E-state index in [1.807, 2.05) is 0 Å². The Kier molecular flexibility index (Phi) is 4.65. The third-order valence-electron chi connectivity index (χ3n) is 2.02. The average molecular weight is 359 g/mol. The highest BCUT2D eigenvalue weighted by Gasteiger charge is 2.43. The Bertz CT molecular complexity index is 643. The van der Waals surface area contributed by atoms with Crippen LogP contribution in [0.2, 0.25) is 0 Å². The second-order valence-electron chi connectivity index (χ2n) is 3.46. The van der Waals surface area contributed by atoms with Gasteiger partial charge < -0.3 is 10.5 Å². The van der Waals surface area contributed by atoms with Crippen LogP contribution in [-0.4, -0.2) is 19.8 Å². The summed E-state index contributed by atoms with van der Waals surface area (Å²) in [6, 6.07) is 0. The number of aromatic nitrogens is 1. The first-order chi connectivity index (χ1) is 9.27. The van der Waals surface area contributed by atoms with Gasteiger partial charge in [-0.15, -0.1) is 13.2 Å². The quantitative estimate of drug-likeness (QED) is 0.662. The summed E-state index contributed by atoms with van der Waals surface area (Å²) in [6.45, 7) is -0.770. The molecule has 0 fully saturated rings. The lowest BCUT2D eigenvalue weighted by Crippen LogP contribution is -2.23. The van der Waals surface area contributed by atoms with E-state index >= 15 is 0 Å². The predicted octanol–water partition coefficient (Wildman–Crippen LogP) is 2.39. The molecule has 1 aromatic heterocycles. The molecule has 0 aliphatic carbocycles. The van der Waals surface area contributed by atoms with Crippen LogP contribution >= 0.6 is 10.7 Å². The highest BCUT2D eigenvalue weighted by atomic mass is 35.7. The van der Waals surface area contributed by atoms with Crippen molar-refractivity contribution in [2.45, 2.75) is 24.0 Å². The molecular formula is C8H5ClF6N2O3S. The Morgan fingerprint density at radius 1 is 1.24 bits per heavy atom. The smallest absolute Gasteiger partial charge is 0.404 e. The zero-order chi connectivity index (χ0) is 16.6. The van der Waals surface area contributed by atoms with Crippen LogP contribution in [0.4, 0.5) is 26.3 Å². The number of alkyl halides is 6. The fourth-order valence-electron chi connectivity index (χ4n) is 1.33. The molecule has 0 radical (unpaired) electrons. The lowest BCUT2D eigenvalue weighted by Gasteiger charge is -2.18. The number of halogens is 7. The van der Waals surface area contributed by atoms with Crippen molar-refractivity contribution in [2.75, 3.05) is 0 Å². The number of hydrogen-bond acceptors (Lipinski definition) is 5. The van der Waals surface area contributed by atoms with Crippen LogP contribution in [0.25, 0.3) is 0 Å². The van der Waals surface area contributed by atoms with Crippen molar-refractivity contribution in [2.24, 2.45) is 5.73 Å². The summed E-state index contributed by atoms with van der Waals surface area (Å²) in [7, 11) is -0.166. The van der Waals surface area contributed by atoms with Crippen LogP contribution in [0.1, 0.15) is 11.3 Å². The maximum atomic E-state index is 12.7. The molecule has 13 heteroatoms. The van der Waals surface area contributed by atoms with Crippen LogP contribution in [0.5, 0.6) is 5.75 Å². The van der Waals surface area contributed by atoms with Crippen LogP contribution in [-0.2, 0) is 21.8 Å². The summed E-state index contributed by atoms with van der Waals surface area (Å²) < 4.78 is 100. The number of hydrogen-bond donors (Lipinski definition) is 1. The Hall–Kier alpha value is -1.27. The van der Waals surface area contributed by atoms with Crippen molar-refractivity contribution in [1.82, 2.24) is 4.98 Å². The molecule has 1 heterocycles. The van der Waals surface area contributed by atoms with E-state index in [9.17, 15) is 34.8 Å². The number of nitrogens with two attached hydrogens (primary N) is 1. The van der Waals surface area contributed by atoms with Crippen molar-refractivity contribution in [3.05, 3.63) is 17.5 Å². The van der Waals surface area contributed by atoms with Gasteiger partial charge in [0.25, 0.3) is 9.05 Å². The number of ether oxygens (including phenoxy) is 1. The van der Waals surface area contributed by atoms with Gasteiger partial charge in [0.2, 0.25) is 0 Å². The summed E-state index contributed by atoms with van der Waals surface area (Å²) in [5.41, 5.74) is 2.20. The van der Waals surface area contributed by atoms with E-state index in [1.54, 1.807) is 0 Å². The van der Waals surface area contributed by atoms with Gasteiger partial charge in [-0.25, -0.2) is 8.42 Å². The first-order valence-electron chi connectivity index (χ1n) is 4.77. The van der Waals surface area contributed by atoms with Gasteiger partial charge in [-0.1, -0.05) is 0 Å². The zero-order valence-electron chi connectivity index (χ0n) is 9.59. The third kappa shape index (κ3) is 4.35. The van der Waals surface area contributed by atoms with Gasteiger partial charge in [-0.3, -0.25) is 4.98 Å². The van der Waals surface area contributed by atoms with Crippen molar-refractivity contribution in [1.29, 1.82) is 0 Å². The molecule has 0 aliphatic rings. The molecule has 0 bridgehead atoms. The van der Waals surface area contributed by atoms with Crippen molar-refractivity contribution in [3.63, 3.8) is 0 Å². The lowest BCUT2D eigenvalue weighted by molar-refractivity contribution is -0.277. The summed E-state index contributed by atoms with van der Waals surface area (Å²) >= 11 is 0. The molecule has 1 aromatic rings. The highest BCUT2D eigenvalue weighted by molar-refractivity contribution is 8.13. The minimum absolute atomic E-state index is 0.0190. The second-order valence-corrected chi connectivity index (χ2v) is 5.97. The Labute approximate surface area is 118 Å². The second kappa shape index (κ2) is 5.50. The summed E-state index contributed by atoms with van der Waals surface area (Å²) in [5, 5.41) is 0. The summed E-state index contributed by atoms with van der Waals surface area (Å²) in [6.07, 6.45) is -10.9. The van der Waals surface area contributed by atoms with E-state index in [0.29, 0.717) is 0 Å². The van der Waals surface area contributed by atoms with Gasteiger partial charge in [0.15, 0.2) is 5.75 Å². The van der Waals surface area contributed by atoms with E-state index in [2.05, 4.69) is 9.72 Å². The van der Waals surface area contributed by atoms with Crippen LogP contribution < -0.4 is 10.5 Å². The largest absolute Gasteiger partial charge is 0.573 e. The molecule has 5 nitrogen and oxygen atoms in total.